The Bertz CT molecular complexity index is 791. The molecule has 1 heterocycles. The highest BCUT2D eigenvalue weighted by Crippen LogP contribution is 2.33. The molecule has 1 aliphatic rings. The molecule has 0 radical (unpaired) electrons. The fourth-order valence-corrected chi connectivity index (χ4v) is 3.46. The van der Waals surface area contributed by atoms with Crippen LogP contribution in [0.4, 0.5) is 0 Å². The smallest absolute Gasteiger partial charge is 0.254 e. The second-order valence-electron chi connectivity index (χ2n) is 6.68. The molecule has 2 aromatic carbocycles. The third-order valence-electron chi connectivity index (χ3n) is 5.10. The van der Waals surface area contributed by atoms with E-state index in [2.05, 4.69) is 11.9 Å². The van der Waals surface area contributed by atoms with Crippen molar-refractivity contribution < 1.29 is 14.3 Å². The highest BCUT2D eigenvalue weighted by Gasteiger charge is 2.30. The number of carbonyl (C=O) groups excluding carboxylic acids is 1. The maximum absolute atomic E-state index is 13.0. The molecule has 26 heavy (non-hydrogen) atoms. The number of hydrogen-bond donors (Lipinski definition) is 0. The average Bonchev–Trinajstić information content (AvgIpc) is 2.67. The minimum atomic E-state index is 0.0988. The molecule has 0 spiro atoms. The molecule has 1 saturated heterocycles. The normalized spacial score (nSPS) is 17.8. The van der Waals surface area contributed by atoms with E-state index in [0.29, 0.717) is 18.0 Å². The van der Waals surface area contributed by atoms with Gasteiger partial charge in [-0.05, 0) is 43.3 Å². The molecule has 1 atom stereocenters. The van der Waals surface area contributed by atoms with Crippen LogP contribution in [0.3, 0.4) is 0 Å². The molecule has 3 rings (SSSR count). The van der Waals surface area contributed by atoms with Crippen LogP contribution >= 0.6 is 0 Å². The summed E-state index contributed by atoms with van der Waals surface area (Å²) in [6.07, 6.45) is 0. The van der Waals surface area contributed by atoms with Crippen LogP contribution < -0.4 is 9.47 Å². The number of piperazine rings is 1. The van der Waals surface area contributed by atoms with Crippen molar-refractivity contribution in [2.24, 2.45) is 0 Å². The van der Waals surface area contributed by atoms with Gasteiger partial charge in [-0.15, -0.1) is 0 Å². The molecule has 0 saturated carbocycles. The third kappa shape index (κ3) is 3.53. The molecule has 2 aromatic rings. The number of hydrogen-bond acceptors (Lipinski definition) is 4. The van der Waals surface area contributed by atoms with E-state index in [-0.39, 0.29) is 11.9 Å². The number of carbonyl (C=O) groups is 1. The third-order valence-corrected chi connectivity index (χ3v) is 5.10. The molecular weight excluding hydrogens is 328 g/mol. The highest BCUT2D eigenvalue weighted by molar-refractivity contribution is 5.95. The van der Waals surface area contributed by atoms with Gasteiger partial charge < -0.3 is 14.4 Å². The maximum atomic E-state index is 13.0. The average molecular weight is 354 g/mol. The van der Waals surface area contributed by atoms with Gasteiger partial charge in [0.05, 0.1) is 20.3 Å². The molecule has 5 nitrogen and oxygen atoms in total. The molecule has 0 aromatic heterocycles. The number of methoxy groups -OCH3 is 2. The van der Waals surface area contributed by atoms with Crippen LogP contribution in [-0.2, 0) is 0 Å². The Morgan fingerprint density at radius 2 is 1.77 bits per heavy atom. The number of nitrogens with zero attached hydrogens (tertiary/aromatic N) is 2. The molecule has 0 bridgehead atoms. The van der Waals surface area contributed by atoms with E-state index in [1.165, 1.54) is 0 Å². The van der Waals surface area contributed by atoms with Gasteiger partial charge in [0.25, 0.3) is 5.91 Å². The Labute approximate surface area is 155 Å². The standard InChI is InChI=1S/C21H26N2O3/c1-15-7-5-6-8-17(15)21(24)23-12-11-22(2)18(14-23)16-9-10-19(25-3)20(13-16)26-4/h5-10,13,18H,11-12,14H2,1-4H3. The van der Waals surface area contributed by atoms with Crippen LogP contribution in [0.15, 0.2) is 42.5 Å². The predicted octanol–water partition coefficient (Wildman–Crippen LogP) is 3.14. The van der Waals surface area contributed by atoms with Gasteiger partial charge in [0.1, 0.15) is 0 Å². The van der Waals surface area contributed by atoms with E-state index in [0.717, 1.165) is 29.8 Å². The number of likely N-dealkylation sites (N-methyl/N-ethyl adjacent to an activating group) is 1. The predicted molar refractivity (Wildman–Crippen MR) is 102 cm³/mol. The molecule has 1 amide bonds. The van der Waals surface area contributed by atoms with Crippen LogP contribution in [0.25, 0.3) is 0 Å². The summed E-state index contributed by atoms with van der Waals surface area (Å²) in [5, 5.41) is 0. The largest absolute Gasteiger partial charge is 0.493 e. The van der Waals surface area contributed by atoms with Gasteiger partial charge in [0.2, 0.25) is 0 Å². The first-order valence-electron chi connectivity index (χ1n) is 8.82. The minimum Gasteiger partial charge on any atom is -0.493 e. The lowest BCUT2D eigenvalue weighted by molar-refractivity contribution is 0.0545. The summed E-state index contributed by atoms with van der Waals surface area (Å²) in [5.74, 6) is 1.52. The van der Waals surface area contributed by atoms with Crippen molar-refractivity contribution in [1.82, 2.24) is 9.80 Å². The molecule has 5 heteroatoms. The van der Waals surface area contributed by atoms with Crippen molar-refractivity contribution in [3.63, 3.8) is 0 Å². The van der Waals surface area contributed by atoms with Crippen molar-refractivity contribution in [1.29, 1.82) is 0 Å². The van der Waals surface area contributed by atoms with Crippen molar-refractivity contribution in [3.8, 4) is 11.5 Å². The monoisotopic (exact) mass is 354 g/mol. The summed E-state index contributed by atoms with van der Waals surface area (Å²) in [6.45, 7) is 4.19. The number of aryl methyl sites for hydroxylation is 1. The second kappa shape index (κ2) is 7.79. The van der Waals surface area contributed by atoms with Crippen molar-refractivity contribution in [2.75, 3.05) is 40.9 Å². The Kier molecular flexibility index (Phi) is 5.47. The quantitative estimate of drug-likeness (QED) is 0.846. The van der Waals surface area contributed by atoms with E-state index >= 15 is 0 Å². The second-order valence-corrected chi connectivity index (χ2v) is 6.68. The van der Waals surface area contributed by atoms with Gasteiger partial charge in [-0.3, -0.25) is 9.69 Å². The fraction of sp³-hybridized carbons (Fsp3) is 0.381. The van der Waals surface area contributed by atoms with Gasteiger partial charge in [-0.1, -0.05) is 24.3 Å². The first-order chi connectivity index (χ1) is 12.5. The first kappa shape index (κ1) is 18.3. The molecule has 0 aliphatic carbocycles. The van der Waals surface area contributed by atoms with Gasteiger partial charge in [-0.25, -0.2) is 0 Å². The fourth-order valence-electron chi connectivity index (χ4n) is 3.46. The van der Waals surface area contributed by atoms with Gasteiger partial charge in [0.15, 0.2) is 11.5 Å². The summed E-state index contributed by atoms with van der Waals surface area (Å²) < 4.78 is 10.8. The van der Waals surface area contributed by atoms with Crippen LogP contribution in [-0.4, -0.2) is 56.6 Å². The summed E-state index contributed by atoms with van der Waals surface area (Å²) in [7, 11) is 5.37. The maximum Gasteiger partial charge on any atom is 0.254 e. The zero-order valence-corrected chi connectivity index (χ0v) is 15.9. The molecule has 138 valence electrons. The van der Waals surface area contributed by atoms with Crippen LogP contribution in [0.2, 0.25) is 0 Å². The zero-order chi connectivity index (χ0) is 18.7. The van der Waals surface area contributed by atoms with Crippen LogP contribution in [0.1, 0.15) is 27.5 Å². The molecular formula is C21H26N2O3. The zero-order valence-electron chi connectivity index (χ0n) is 15.9. The van der Waals surface area contributed by atoms with Crippen molar-refractivity contribution in [2.45, 2.75) is 13.0 Å². The Morgan fingerprint density at radius 1 is 1.04 bits per heavy atom. The van der Waals surface area contributed by atoms with Crippen molar-refractivity contribution in [3.05, 3.63) is 59.2 Å². The van der Waals surface area contributed by atoms with Gasteiger partial charge in [0, 0.05) is 25.2 Å². The lowest BCUT2D eigenvalue weighted by Gasteiger charge is -2.40. The topological polar surface area (TPSA) is 42.0 Å². The molecule has 1 aliphatic heterocycles. The van der Waals surface area contributed by atoms with E-state index < -0.39 is 0 Å². The van der Waals surface area contributed by atoms with E-state index in [4.69, 9.17) is 9.47 Å². The van der Waals surface area contributed by atoms with Gasteiger partial charge in [-0.2, -0.15) is 0 Å². The number of rotatable bonds is 4. The molecule has 0 N–H and O–H groups in total. The summed E-state index contributed by atoms with van der Waals surface area (Å²) in [5.41, 5.74) is 2.91. The summed E-state index contributed by atoms with van der Waals surface area (Å²) >= 11 is 0. The van der Waals surface area contributed by atoms with E-state index in [1.807, 2.05) is 54.3 Å². The number of ether oxygens (including phenoxy) is 2. The number of benzene rings is 2. The minimum absolute atomic E-state index is 0.0988. The van der Waals surface area contributed by atoms with Gasteiger partial charge >= 0.3 is 0 Å². The lowest BCUT2D eigenvalue weighted by Crippen LogP contribution is -2.49. The Balaban J connectivity index is 1.85. The Morgan fingerprint density at radius 3 is 2.46 bits per heavy atom. The van der Waals surface area contributed by atoms with E-state index in [1.54, 1.807) is 14.2 Å². The lowest BCUT2D eigenvalue weighted by atomic mass is 10.0. The van der Waals surface area contributed by atoms with Crippen LogP contribution in [0, 0.1) is 6.92 Å². The summed E-state index contributed by atoms with van der Waals surface area (Å²) in [6, 6.07) is 13.9. The van der Waals surface area contributed by atoms with Crippen molar-refractivity contribution >= 4 is 5.91 Å². The first-order valence-corrected chi connectivity index (χ1v) is 8.82. The van der Waals surface area contributed by atoms with Crippen LogP contribution in [0.5, 0.6) is 11.5 Å². The SMILES string of the molecule is COc1ccc(C2CN(C(=O)c3ccccc3C)CCN2C)cc1OC. The highest BCUT2D eigenvalue weighted by atomic mass is 16.5. The molecule has 1 fully saturated rings. The number of amides is 1. The van der Waals surface area contributed by atoms with E-state index in [9.17, 15) is 4.79 Å². The molecule has 1 unspecified atom stereocenters. The summed E-state index contributed by atoms with van der Waals surface area (Å²) in [4.78, 5) is 17.2. The Hall–Kier alpha value is -2.53.